The van der Waals surface area contributed by atoms with E-state index < -0.39 is 8.24 Å². The lowest BCUT2D eigenvalue weighted by Crippen LogP contribution is -2.47. The predicted octanol–water partition coefficient (Wildman–Crippen LogP) is 8.04. The highest BCUT2D eigenvalue weighted by molar-refractivity contribution is 6.74. The zero-order valence-electron chi connectivity index (χ0n) is 20.6. The van der Waals surface area contributed by atoms with E-state index in [1.165, 1.54) is 141 Å². The lowest BCUT2D eigenvalue weighted by Gasteiger charge is -2.29. The first kappa shape index (κ1) is 27.2. The van der Waals surface area contributed by atoms with Gasteiger partial charge in [0.25, 0.3) is 0 Å². The molecule has 0 aromatic rings. The third-order valence-electron chi connectivity index (χ3n) is 6.98. The minimum Gasteiger partial charge on any atom is -0.337 e. The number of rotatable bonds is 20. The zero-order valence-corrected chi connectivity index (χ0v) is 21.6. The summed E-state index contributed by atoms with van der Waals surface area (Å²) in [4.78, 5) is 3.99. The molecule has 3 heteroatoms. The largest absolute Gasteiger partial charge is 0.337 e. The molecule has 0 atom stereocenters. The van der Waals surface area contributed by atoms with E-state index in [1.54, 1.807) is 0 Å². The molecule has 174 valence electrons. The van der Waals surface area contributed by atoms with Gasteiger partial charge in [-0.15, -0.1) is 0 Å². The molecule has 1 aliphatic heterocycles. The summed E-state index contributed by atoms with van der Waals surface area (Å²) in [5, 5.41) is 3.48. The van der Waals surface area contributed by atoms with Gasteiger partial charge >= 0.3 is 0 Å². The van der Waals surface area contributed by atoms with Gasteiger partial charge in [-0.2, -0.15) is 0 Å². The summed E-state index contributed by atoms with van der Waals surface area (Å²) < 4.78 is 0. The lowest BCUT2D eigenvalue weighted by atomic mass is 9.99. The summed E-state index contributed by atoms with van der Waals surface area (Å²) in [6, 6.07) is 1.47. The molecule has 1 fully saturated rings. The van der Waals surface area contributed by atoms with Crippen LogP contribution in [0.15, 0.2) is 0 Å². The van der Waals surface area contributed by atoms with Gasteiger partial charge in [0.05, 0.1) is 0 Å². The maximum Gasteiger partial charge on any atom is 0.119 e. The molecule has 0 aliphatic carbocycles. The van der Waals surface area contributed by atoms with Gasteiger partial charge in [0.15, 0.2) is 0 Å². The summed E-state index contributed by atoms with van der Waals surface area (Å²) in [6.07, 6.45) is 26.2. The van der Waals surface area contributed by atoms with Crippen molar-refractivity contribution in [2.45, 2.75) is 142 Å². The van der Waals surface area contributed by atoms with Gasteiger partial charge in [0.2, 0.25) is 0 Å². The van der Waals surface area contributed by atoms with Crippen LogP contribution in [-0.4, -0.2) is 27.9 Å². The van der Waals surface area contributed by atoms with Crippen molar-refractivity contribution in [2.75, 3.05) is 19.6 Å². The molecule has 1 aliphatic rings. The molecule has 0 aromatic carbocycles. The second kappa shape index (κ2) is 18.9. The normalized spacial score (nSPS) is 15.8. The molecule has 1 rings (SSSR count). The van der Waals surface area contributed by atoms with Gasteiger partial charge in [0.1, 0.15) is 8.24 Å². The fourth-order valence-electron chi connectivity index (χ4n) is 4.71. The van der Waals surface area contributed by atoms with Crippen molar-refractivity contribution in [3.8, 4) is 0 Å². The fraction of sp³-hybridized carbons (Fsp3) is 1.00. The number of hydrogen-bond acceptors (Lipinski definition) is 2. The Bertz CT molecular complexity index is 340. The molecule has 0 aromatic heterocycles. The Labute approximate surface area is 185 Å². The van der Waals surface area contributed by atoms with Crippen molar-refractivity contribution >= 4 is 8.24 Å². The third kappa shape index (κ3) is 17.5. The van der Waals surface area contributed by atoms with E-state index in [4.69, 9.17) is 0 Å². The van der Waals surface area contributed by atoms with Crippen LogP contribution in [0.2, 0.25) is 19.1 Å². The van der Waals surface area contributed by atoms with Crippen LogP contribution in [0, 0.1) is 5.92 Å². The van der Waals surface area contributed by atoms with Gasteiger partial charge < -0.3 is 10.3 Å². The van der Waals surface area contributed by atoms with Crippen LogP contribution in [0.3, 0.4) is 0 Å². The van der Waals surface area contributed by atoms with E-state index in [1.807, 2.05) is 0 Å². The average molecular weight is 425 g/mol. The molecule has 0 spiro atoms. The van der Waals surface area contributed by atoms with Crippen molar-refractivity contribution in [3.05, 3.63) is 0 Å². The maximum atomic E-state index is 3.99. The minimum absolute atomic E-state index is 0.925. The molecule has 0 radical (unpaired) electrons. The number of hydrogen-bond donors (Lipinski definition) is 2. The molecule has 0 amide bonds. The smallest absolute Gasteiger partial charge is 0.119 e. The molecule has 2 nitrogen and oxygen atoms in total. The van der Waals surface area contributed by atoms with Crippen molar-refractivity contribution in [2.24, 2.45) is 5.92 Å². The molecule has 0 unspecified atom stereocenters. The molecular weight excluding hydrogens is 368 g/mol. The number of piperidine rings is 1. The predicted molar refractivity (Wildman–Crippen MR) is 135 cm³/mol. The SMILES string of the molecule is CCCCCCCCCCCCCCCCCC[Si](C)(C)NCC1CCNCC1. The van der Waals surface area contributed by atoms with E-state index >= 15 is 0 Å². The van der Waals surface area contributed by atoms with Crippen LogP contribution in [0.4, 0.5) is 0 Å². The highest BCUT2D eigenvalue weighted by Gasteiger charge is 2.22. The Balaban J connectivity index is 1.78. The van der Waals surface area contributed by atoms with Crippen molar-refractivity contribution < 1.29 is 0 Å². The van der Waals surface area contributed by atoms with Crippen LogP contribution in [0.25, 0.3) is 0 Å². The first-order valence-corrected chi connectivity index (χ1v) is 16.8. The van der Waals surface area contributed by atoms with E-state index in [0.717, 1.165) is 5.92 Å². The molecule has 29 heavy (non-hydrogen) atoms. The summed E-state index contributed by atoms with van der Waals surface area (Å²) in [7, 11) is -1.16. The highest BCUT2D eigenvalue weighted by atomic mass is 28.3. The summed E-state index contributed by atoms with van der Waals surface area (Å²) in [6.45, 7) is 11.1. The number of nitrogens with one attached hydrogen (secondary N) is 2. The molecule has 0 saturated carbocycles. The second-order valence-electron chi connectivity index (χ2n) is 10.5. The molecule has 1 saturated heterocycles. The zero-order chi connectivity index (χ0) is 21.0. The van der Waals surface area contributed by atoms with Gasteiger partial charge in [-0.1, -0.05) is 123 Å². The van der Waals surface area contributed by atoms with Crippen LogP contribution in [0.5, 0.6) is 0 Å². The topological polar surface area (TPSA) is 24.1 Å². The second-order valence-corrected chi connectivity index (χ2v) is 15.1. The van der Waals surface area contributed by atoms with E-state index in [2.05, 4.69) is 30.3 Å². The van der Waals surface area contributed by atoms with Gasteiger partial charge in [0, 0.05) is 0 Å². The number of unbranched alkanes of at least 4 members (excludes halogenated alkanes) is 15. The highest BCUT2D eigenvalue weighted by Crippen LogP contribution is 2.17. The monoisotopic (exact) mass is 424 g/mol. The first-order chi connectivity index (χ1) is 14.1. The van der Waals surface area contributed by atoms with E-state index in [0.29, 0.717) is 0 Å². The van der Waals surface area contributed by atoms with Crippen LogP contribution in [-0.2, 0) is 0 Å². The molecule has 2 N–H and O–H groups in total. The quantitative estimate of drug-likeness (QED) is 0.153. The minimum atomic E-state index is -1.16. The third-order valence-corrected chi connectivity index (χ3v) is 9.75. The van der Waals surface area contributed by atoms with E-state index in [9.17, 15) is 0 Å². The van der Waals surface area contributed by atoms with Crippen LogP contribution >= 0.6 is 0 Å². The van der Waals surface area contributed by atoms with Gasteiger partial charge in [-0.05, 0) is 44.4 Å². The summed E-state index contributed by atoms with van der Waals surface area (Å²) >= 11 is 0. The van der Waals surface area contributed by atoms with Gasteiger partial charge in [-0.25, -0.2) is 0 Å². The van der Waals surface area contributed by atoms with Crippen molar-refractivity contribution in [3.63, 3.8) is 0 Å². The van der Waals surface area contributed by atoms with Crippen LogP contribution in [0.1, 0.15) is 122 Å². The summed E-state index contributed by atoms with van der Waals surface area (Å²) in [5.41, 5.74) is 0. The maximum absolute atomic E-state index is 3.99. The Hall–Kier alpha value is 0.137. The molecular formula is C26H56N2Si. The van der Waals surface area contributed by atoms with Gasteiger partial charge in [-0.3, -0.25) is 0 Å². The Morgan fingerprint density at radius 2 is 1.07 bits per heavy atom. The Morgan fingerprint density at radius 3 is 1.52 bits per heavy atom. The fourth-order valence-corrected chi connectivity index (χ4v) is 6.86. The standard InChI is InChI=1S/C26H56N2Si/c1-4-5-6-7-8-9-10-11-12-13-14-15-16-17-18-19-24-29(2,3)28-25-26-20-22-27-23-21-26/h26-28H,4-25H2,1-3H3. The van der Waals surface area contributed by atoms with Crippen LogP contribution < -0.4 is 10.3 Å². The Morgan fingerprint density at radius 1 is 0.655 bits per heavy atom. The first-order valence-electron chi connectivity index (χ1n) is 13.6. The molecule has 0 bridgehead atoms. The van der Waals surface area contributed by atoms with Crippen molar-refractivity contribution in [1.29, 1.82) is 0 Å². The molecule has 1 heterocycles. The summed E-state index contributed by atoms with van der Waals surface area (Å²) in [5.74, 6) is 0.925. The lowest BCUT2D eigenvalue weighted by molar-refractivity contribution is 0.372. The van der Waals surface area contributed by atoms with Crippen molar-refractivity contribution in [1.82, 2.24) is 10.3 Å². The van der Waals surface area contributed by atoms with E-state index in [-0.39, 0.29) is 0 Å². The Kier molecular flexibility index (Phi) is 17.7. The average Bonchev–Trinajstić information content (AvgIpc) is 2.73.